The van der Waals surface area contributed by atoms with E-state index < -0.39 is 63.7 Å². The Hall–Kier alpha value is -0.260. The van der Waals surface area contributed by atoms with Gasteiger partial charge in [0, 0.05) is 12.3 Å². The number of ether oxygens (including phenoxy) is 1. The molecule has 0 aromatic carbocycles. The maximum Gasteiger partial charge on any atom is 0.490 e. The lowest BCUT2D eigenvalue weighted by molar-refractivity contribution is -0.0446. The van der Waals surface area contributed by atoms with Crippen LogP contribution in [0.3, 0.4) is 0 Å². The van der Waals surface area contributed by atoms with Crippen molar-refractivity contribution in [3.63, 3.8) is 0 Å². The Morgan fingerprint density at radius 3 is 2.31 bits per heavy atom. The van der Waals surface area contributed by atoms with Crippen molar-refractivity contribution in [2.45, 2.75) is 22.4 Å². The maximum absolute atomic E-state index is 11.8. The van der Waals surface area contributed by atoms with Crippen molar-refractivity contribution in [1.82, 2.24) is 9.55 Å². The Morgan fingerprint density at radius 2 is 1.76 bits per heavy atom. The van der Waals surface area contributed by atoms with E-state index in [-0.39, 0.29) is 0 Å². The minimum absolute atomic E-state index is 0.668. The molecule has 1 aliphatic rings. The normalized spacial score (nSPS) is 29.3. The summed E-state index contributed by atoms with van der Waals surface area (Å²) < 4.78 is 50.6. The van der Waals surface area contributed by atoms with Gasteiger partial charge in [0.1, 0.15) is 6.10 Å². The fourth-order valence-electron chi connectivity index (χ4n) is 2.16. The van der Waals surface area contributed by atoms with Crippen molar-refractivity contribution in [3.8, 4) is 0 Å². The molecule has 1 aliphatic heterocycles. The maximum atomic E-state index is 11.8. The van der Waals surface area contributed by atoms with E-state index >= 15 is 0 Å². The number of alkyl halides is 1. The second-order valence-electron chi connectivity index (χ2n) is 5.40. The molecular weight excluding hydrogens is 580 g/mol. The second-order valence-corrected chi connectivity index (χ2v) is 11.3. The summed E-state index contributed by atoms with van der Waals surface area (Å²) in [7, 11) is -16.6. The molecule has 29 heavy (non-hydrogen) atoms. The van der Waals surface area contributed by atoms with Gasteiger partial charge in [-0.15, -0.1) is 0 Å². The molecule has 1 saturated heterocycles. The summed E-state index contributed by atoms with van der Waals surface area (Å²) in [5, 5.41) is 10.2. The summed E-state index contributed by atoms with van der Waals surface area (Å²) in [4.78, 5) is 60.4. The zero-order valence-corrected chi connectivity index (χ0v) is 18.6. The standard InChI is InChI=1S/C9H14IN2O14P3/c10-6-7(14)4(24-8(6)12-2-1-5(13)11-9(12)15)3-23-28(19,20)26-29(21,22)25-27(16,17)18/h1-2,4,6-8,14H,3H2,(H,19,20)(H,21,22)(H,11,13,15)(H2,16,17,18)/t4-,6?,7?,8-/m1/s1. The van der Waals surface area contributed by atoms with Crippen LogP contribution in [0, 0.1) is 0 Å². The monoisotopic (exact) mass is 594 g/mol. The number of rotatable bonds is 8. The lowest BCUT2D eigenvalue weighted by Gasteiger charge is -2.19. The number of halogens is 1. The number of hydrogen-bond donors (Lipinski definition) is 6. The smallest absolute Gasteiger partial charge is 0.389 e. The Kier molecular flexibility index (Phi) is 7.83. The van der Waals surface area contributed by atoms with Gasteiger partial charge < -0.3 is 29.4 Å². The Bertz CT molecular complexity index is 1000. The predicted molar refractivity (Wildman–Crippen MR) is 98.9 cm³/mol. The summed E-state index contributed by atoms with van der Waals surface area (Å²) in [6, 6.07) is 1.03. The zero-order valence-electron chi connectivity index (χ0n) is 13.7. The van der Waals surface area contributed by atoms with Gasteiger partial charge in [-0.1, -0.05) is 22.6 Å². The van der Waals surface area contributed by atoms with Gasteiger partial charge >= 0.3 is 29.2 Å². The number of aromatic nitrogens is 2. The van der Waals surface area contributed by atoms with E-state index in [2.05, 4.69) is 13.1 Å². The molecule has 0 saturated carbocycles. The molecule has 20 heteroatoms. The van der Waals surface area contributed by atoms with E-state index in [1.807, 2.05) is 4.98 Å². The number of aliphatic hydroxyl groups is 1. The van der Waals surface area contributed by atoms with E-state index in [1.54, 1.807) is 22.6 Å². The molecule has 16 nitrogen and oxygen atoms in total. The third-order valence-electron chi connectivity index (χ3n) is 3.24. The first-order valence-corrected chi connectivity index (χ1v) is 12.9. The van der Waals surface area contributed by atoms with Gasteiger partial charge in [0.2, 0.25) is 0 Å². The van der Waals surface area contributed by atoms with Crippen molar-refractivity contribution in [3.05, 3.63) is 33.1 Å². The fraction of sp³-hybridized carbons (Fsp3) is 0.556. The molecular formula is C9H14IN2O14P3. The highest BCUT2D eigenvalue weighted by molar-refractivity contribution is 14.1. The molecule has 4 unspecified atom stereocenters. The number of aliphatic hydroxyl groups excluding tert-OH is 1. The van der Waals surface area contributed by atoms with Crippen LogP contribution in [-0.2, 0) is 31.6 Å². The first kappa shape index (κ1) is 25.0. The minimum atomic E-state index is -5.68. The first-order valence-electron chi connectivity index (χ1n) is 7.18. The first-order chi connectivity index (χ1) is 13.1. The highest BCUT2D eigenvalue weighted by Crippen LogP contribution is 2.66. The highest BCUT2D eigenvalue weighted by atomic mass is 127. The number of aromatic amines is 1. The van der Waals surface area contributed by atoms with Crippen LogP contribution in [-0.4, -0.2) is 57.0 Å². The summed E-state index contributed by atoms with van der Waals surface area (Å²) in [6.07, 6.45) is -2.68. The van der Waals surface area contributed by atoms with E-state index in [0.29, 0.717) is 0 Å². The molecule has 1 fully saturated rings. The number of nitrogens with zero attached hydrogens (tertiary/aromatic N) is 1. The quantitative estimate of drug-likeness (QED) is 0.119. The highest BCUT2D eigenvalue weighted by Gasteiger charge is 2.46. The molecule has 2 rings (SSSR count). The van der Waals surface area contributed by atoms with Gasteiger partial charge in [-0.3, -0.25) is 18.9 Å². The third-order valence-corrected chi connectivity index (χ3v) is 8.39. The Morgan fingerprint density at radius 1 is 1.14 bits per heavy atom. The average molecular weight is 594 g/mol. The van der Waals surface area contributed by atoms with Gasteiger partial charge in [0.05, 0.1) is 16.6 Å². The van der Waals surface area contributed by atoms with Crippen molar-refractivity contribution in [1.29, 1.82) is 0 Å². The number of phosphoric acid groups is 3. The largest absolute Gasteiger partial charge is 0.490 e. The third kappa shape index (κ3) is 7.14. The van der Waals surface area contributed by atoms with Gasteiger partial charge in [-0.05, 0) is 0 Å². The van der Waals surface area contributed by atoms with Crippen molar-refractivity contribution < 1.29 is 56.3 Å². The molecule has 0 aliphatic carbocycles. The van der Waals surface area contributed by atoms with Crippen LogP contribution in [0.1, 0.15) is 6.23 Å². The molecule has 0 amide bonds. The molecule has 1 aromatic heterocycles. The summed E-state index contributed by atoms with van der Waals surface area (Å²) in [5.41, 5.74) is -1.51. The summed E-state index contributed by atoms with van der Waals surface area (Å²) in [5.74, 6) is 0. The Balaban J connectivity index is 2.06. The number of H-pyrrole nitrogens is 1. The van der Waals surface area contributed by atoms with Gasteiger partial charge in [-0.25, -0.2) is 18.5 Å². The lowest BCUT2D eigenvalue weighted by Crippen LogP contribution is -2.35. The molecule has 166 valence electrons. The molecule has 6 atom stereocenters. The zero-order chi connectivity index (χ0) is 22.2. The fourth-order valence-corrected chi connectivity index (χ4v) is 6.17. The van der Waals surface area contributed by atoms with Gasteiger partial charge in [0.25, 0.3) is 5.56 Å². The average Bonchev–Trinajstić information content (AvgIpc) is 2.78. The number of nitrogens with one attached hydrogen (secondary N) is 1. The van der Waals surface area contributed by atoms with Gasteiger partial charge in [0.15, 0.2) is 6.23 Å². The topological polar surface area (TPSA) is 244 Å². The van der Waals surface area contributed by atoms with Crippen LogP contribution in [0.2, 0.25) is 0 Å². The van der Waals surface area contributed by atoms with Crippen LogP contribution in [0.4, 0.5) is 0 Å². The predicted octanol–water partition coefficient (Wildman–Crippen LogP) is -1.06. The van der Waals surface area contributed by atoms with Crippen molar-refractivity contribution in [2.75, 3.05) is 6.61 Å². The van der Waals surface area contributed by atoms with Crippen LogP contribution in [0.5, 0.6) is 0 Å². The minimum Gasteiger partial charge on any atom is -0.389 e. The van der Waals surface area contributed by atoms with E-state index in [0.717, 1.165) is 16.8 Å². The number of hydrogen-bond acceptors (Lipinski definition) is 10. The number of phosphoric ester groups is 1. The molecule has 0 radical (unpaired) electrons. The lowest BCUT2D eigenvalue weighted by atomic mass is 10.2. The van der Waals surface area contributed by atoms with Crippen LogP contribution >= 0.6 is 46.1 Å². The molecule has 2 heterocycles. The van der Waals surface area contributed by atoms with Crippen LogP contribution < -0.4 is 11.2 Å². The summed E-state index contributed by atoms with van der Waals surface area (Å²) >= 11 is 1.73. The van der Waals surface area contributed by atoms with E-state index in [9.17, 15) is 33.3 Å². The molecule has 0 bridgehead atoms. The SMILES string of the molecule is O=c1ccn([C@@H]2O[C@H](COP(=O)(O)OP(=O)(O)OP(=O)(O)O)C(O)C2I)c(=O)[nH]1. The van der Waals surface area contributed by atoms with E-state index in [1.165, 1.54) is 0 Å². The van der Waals surface area contributed by atoms with Crippen LogP contribution in [0.25, 0.3) is 0 Å². The summed E-state index contributed by atoms with van der Waals surface area (Å²) in [6.45, 7) is -0.890. The van der Waals surface area contributed by atoms with Crippen LogP contribution in [0.15, 0.2) is 21.9 Å². The molecule has 6 N–H and O–H groups in total. The Labute approximate surface area is 174 Å². The van der Waals surface area contributed by atoms with Crippen molar-refractivity contribution in [2.24, 2.45) is 0 Å². The molecule has 0 spiro atoms. The van der Waals surface area contributed by atoms with Crippen molar-refractivity contribution >= 4 is 46.1 Å². The second kappa shape index (κ2) is 9.08. The molecule has 1 aromatic rings. The van der Waals surface area contributed by atoms with E-state index in [4.69, 9.17) is 19.4 Å². The van der Waals surface area contributed by atoms with Gasteiger partial charge in [-0.2, -0.15) is 8.62 Å².